The maximum atomic E-state index is 14.1. The van der Waals surface area contributed by atoms with Crippen LogP contribution < -0.4 is 4.90 Å². The molecule has 168 valence electrons. The molecule has 0 N–H and O–H groups in total. The number of halogens is 1. The van der Waals surface area contributed by atoms with Gasteiger partial charge in [0.15, 0.2) is 5.82 Å². The monoisotopic (exact) mass is 445 g/mol. The largest absolute Gasteiger partial charge is 0.327 e. The van der Waals surface area contributed by atoms with Crippen molar-refractivity contribution >= 4 is 17.6 Å². The number of anilines is 1. The average molecular weight is 445 g/mol. The highest BCUT2D eigenvalue weighted by Crippen LogP contribution is 2.35. The molecule has 7 nitrogen and oxygen atoms in total. The molecule has 2 amide bonds. The van der Waals surface area contributed by atoms with Gasteiger partial charge in [-0.25, -0.2) is 14.4 Å². The highest BCUT2D eigenvalue weighted by molar-refractivity contribution is 6.00. The zero-order chi connectivity index (χ0) is 22.9. The third-order valence-corrected chi connectivity index (χ3v) is 6.35. The number of pyridine rings is 1. The van der Waals surface area contributed by atoms with E-state index >= 15 is 0 Å². The van der Waals surface area contributed by atoms with E-state index in [9.17, 15) is 14.0 Å². The fraction of sp³-hybridized carbons (Fsp3) is 0.320. The molecule has 5 rings (SSSR count). The van der Waals surface area contributed by atoms with Crippen LogP contribution in [0.25, 0.3) is 0 Å². The fourth-order valence-corrected chi connectivity index (χ4v) is 4.62. The minimum atomic E-state index is -0.279. The van der Waals surface area contributed by atoms with Gasteiger partial charge in [-0.05, 0) is 49.9 Å². The average Bonchev–Trinajstić information content (AvgIpc) is 3.43. The highest BCUT2D eigenvalue weighted by Gasteiger charge is 2.36. The molecule has 2 aliphatic rings. The number of fused-ring (bicyclic) bond motifs is 1. The van der Waals surface area contributed by atoms with Gasteiger partial charge in [-0.3, -0.25) is 19.5 Å². The van der Waals surface area contributed by atoms with E-state index < -0.39 is 0 Å². The lowest BCUT2D eigenvalue weighted by Gasteiger charge is -2.25. The Bertz CT molecular complexity index is 1220. The van der Waals surface area contributed by atoms with Crippen molar-refractivity contribution in [3.63, 3.8) is 0 Å². The Morgan fingerprint density at radius 2 is 1.97 bits per heavy atom. The highest BCUT2D eigenvalue weighted by atomic mass is 19.1. The summed E-state index contributed by atoms with van der Waals surface area (Å²) in [7, 11) is 0. The minimum Gasteiger partial charge on any atom is -0.327 e. The normalized spacial score (nSPS) is 17.5. The summed E-state index contributed by atoms with van der Waals surface area (Å²) in [6.07, 6.45) is 3.83. The number of nitrogens with zero attached hydrogens (tertiary/aromatic N) is 5. The first kappa shape index (κ1) is 21.2. The van der Waals surface area contributed by atoms with E-state index in [1.807, 2.05) is 6.92 Å². The van der Waals surface area contributed by atoms with Crippen molar-refractivity contribution in [3.05, 3.63) is 82.8 Å². The van der Waals surface area contributed by atoms with Crippen LogP contribution in [0, 0.1) is 12.7 Å². The summed E-state index contributed by atoms with van der Waals surface area (Å²) in [5, 5.41) is 0. The number of aromatic nitrogens is 3. The SMILES string of the molecule is Cc1nc([C@@H]2CCCN2C(=O)c2ccccn2)nc2c1CC(=O)N2CCc1ccccc1F. The van der Waals surface area contributed by atoms with Gasteiger partial charge in [0.1, 0.15) is 17.3 Å². The van der Waals surface area contributed by atoms with Crippen LogP contribution in [-0.4, -0.2) is 44.8 Å². The lowest BCUT2D eigenvalue weighted by atomic mass is 10.1. The van der Waals surface area contributed by atoms with Crippen molar-refractivity contribution in [1.29, 1.82) is 0 Å². The van der Waals surface area contributed by atoms with Crippen LogP contribution in [0.15, 0.2) is 48.7 Å². The van der Waals surface area contributed by atoms with Gasteiger partial charge in [-0.15, -0.1) is 0 Å². The van der Waals surface area contributed by atoms with Gasteiger partial charge in [0.25, 0.3) is 5.91 Å². The maximum absolute atomic E-state index is 14.1. The van der Waals surface area contributed by atoms with Gasteiger partial charge in [0.2, 0.25) is 5.91 Å². The standard InChI is InChI=1S/C25H24FN5O2/c1-16-18-15-22(32)31(14-11-17-7-2-3-8-19(17)26)24(18)29-23(28-16)21-10-6-13-30(21)25(33)20-9-4-5-12-27-20/h2-5,7-9,12,21H,6,10-11,13-15H2,1H3/t21-/m0/s1. The molecule has 0 radical (unpaired) electrons. The third-order valence-electron chi connectivity index (χ3n) is 6.35. The molecule has 2 aromatic heterocycles. The lowest BCUT2D eigenvalue weighted by molar-refractivity contribution is -0.117. The Balaban J connectivity index is 1.43. The van der Waals surface area contributed by atoms with E-state index in [1.54, 1.807) is 52.4 Å². The number of hydrogen-bond donors (Lipinski definition) is 0. The van der Waals surface area contributed by atoms with Gasteiger partial charge in [-0.1, -0.05) is 24.3 Å². The summed E-state index contributed by atoms with van der Waals surface area (Å²) in [4.78, 5) is 42.9. The molecule has 0 unspecified atom stereocenters. The molecule has 33 heavy (non-hydrogen) atoms. The predicted molar refractivity (Wildman–Crippen MR) is 120 cm³/mol. The van der Waals surface area contributed by atoms with Crippen LogP contribution >= 0.6 is 0 Å². The van der Waals surface area contributed by atoms with Crippen molar-refractivity contribution in [2.45, 2.75) is 38.6 Å². The molecule has 0 aliphatic carbocycles. The van der Waals surface area contributed by atoms with Crippen molar-refractivity contribution in [2.75, 3.05) is 18.0 Å². The summed E-state index contributed by atoms with van der Waals surface area (Å²) < 4.78 is 14.1. The number of carbonyl (C=O) groups excluding carboxylic acids is 2. The molecular weight excluding hydrogens is 421 g/mol. The molecule has 0 saturated carbocycles. The quantitative estimate of drug-likeness (QED) is 0.601. The summed E-state index contributed by atoms with van der Waals surface area (Å²) in [5.74, 6) is 0.629. The molecule has 3 aromatic rings. The Kier molecular flexibility index (Phi) is 5.58. The van der Waals surface area contributed by atoms with Crippen LogP contribution in [0.2, 0.25) is 0 Å². The lowest BCUT2D eigenvalue weighted by Crippen LogP contribution is -2.33. The number of likely N-dealkylation sites (tertiary alicyclic amines) is 1. The van der Waals surface area contributed by atoms with Gasteiger partial charge >= 0.3 is 0 Å². The van der Waals surface area contributed by atoms with Crippen LogP contribution in [0.3, 0.4) is 0 Å². The van der Waals surface area contributed by atoms with E-state index in [-0.39, 0.29) is 30.1 Å². The zero-order valence-corrected chi connectivity index (χ0v) is 18.4. The van der Waals surface area contributed by atoms with Crippen LogP contribution in [0.1, 0.15) is 52.0 Å². The fourth-order valence-electron chi connectivity index (χ4n) is 4.62. The smallest absolute Gasteiger partial charge is 0.273 e. The van der Waals surface area contributed by atoms with Crippen molar-refractivity contribution in [2.24, 2.45) is 0 Å². The number of benzene rings is 1. The van der Waals surface area contributed by atoms with E-state index in [0.717, 1.165) is 24.1 Å². The van der Waals surface area contributed by atoms with E-state index in [1.165, 1.54) is 6.07 Å². The van der Waals surface area contributed by atoms with E-state index in [4.69, 9.17) is 9.97 Å². The van der Waals surface area contributed by atoms with E-state index in [0.29, 0.717) is 42.4 Å². The summed E-state index contributed by atoms with van der Waals surface area (Å²) in [6.45, 7) is 2.82. The predicted octanol–water partition coefficient (Wildman–Crippen LogP) is 3.43. The van der Waals surface area contributed by atoms with Crippen molar-refractivity contribution < 1.29 is 14.0 Å². The molecule has 0 spiro atoms. The number of rotatable bonds is 5. The molecule has 1 fully saturated rings. The van der Waals surface area contributed by atoms with Gasteiger partial charge in [0, 0.05) is 30.5 Å². The molecule has 2 aliphatic heterocycles. The van der Waals surface area contributed by atoms with Crippen LogP contribution in [0.4, 0.5) is 10.2 Å². The minimum absolute atomic E-state index is 0.0660. The maximum Gasteiger partial charge on any atom is 0.273 e. The second-order valence-corrected chi connectivity index (χ2v) is 8.40. The topological polar surface area (TPSA) is 79.3 Å². The van der Waals surface area contributed by atoms with Gasteiger partial charge in [-0.2, -0.15) is 0 Å². The third kappa shape index (κ3) is 3.97. The molecule has 8 heteroatoms. The molecule has 0 bridgehead atoms. The summed E-state index contributed by atoms with van der Waals surface area (Å²) in [6, 6.07) is 11.6. The molecule has 4 heterocycles. The summed E-state index contributed by atoms with van der Waals surface area (Å²) >= 11 is 0. The number of amides is 2. The molecule has 1 aromatic carbocycles. The van der Waals surface area contributed by atoms with Crippen LogP contribution in [0.5, 0.6) is 0 Å². The first-order valence-corrected chi connectivity index (χ1v) is 11.2. The molecule has 1 atom stereocenters. The Hall–Kier alpha value is -3.68. The Morgan fingerprint density at radius 1 is 1.15 bits per heavy atom. The molecular formula is C25H24FN5O2. The first-order valence-electron chi connectivity index (χ1n) is 11.2. The Labute approximate surface area is 191 Å². The number of carbonyl (C=O) groups is 2. The van der Waals surface area contributed by atoms with E-state index in [2.05, 4.69) is 4.98 Å². The second kappa shape index (κ2) is 8.69. The van der Waals surface area contributed by atoms with Gasteiger partial charge < -0.3 is 4.90 Å². The second-order valence-electron chi connectivity index (χ2n) is 8.40. The molecule has 1 saturated heterocycles. The number of hydrogen-bond acceptors (Lipinski definition) is 5. The van der Waals surface area contributed by atoms with Crippen LogP contribution in [-0.2, 0) is 17.6 Å². The van der Waals surface area contributed by atoms with Crippen molar-refractivity contribution in [1.82, 2.24) is 19.9 Å². The zero-order valence-electron chi connectivity index (χ0n) is 18.4. The summed E-state index contributed by atoms with van der Waals surface area (Å²) in [5.41, 5.74) is 2.50. The van der Waals surface area contributed by atoms with Crippen molar-refractivity contribution in [3.8, 4) is 0 Å². The Morgan fingerprint density at radius 3 is 2.76 bits per heavy atom. The number of aryl methyl sites for hydroxylation is 1. The van der Waals surface area contributed by atoms with Gasteiger partial charge in [0.05, 0.1) is 12.5 Å². The first-order chi connectivity index (χ1) is 16.0.